The maximum Gasteiger partial charge on any atom is 0.111 e. The van der Waals surface area contributed by atoms with Crippen molar-refractivity contribution in [2.75, 3.05) is 0 Å². The summed E-state index contributed by atoms with van der Waals surface area (Å²) >= 11 is 0. The van der Waals surface area contributed by atoms with Gasteiger partial charge in [0.1, 0.15) is 5.82 Å². The van der Waals surface area contributed by atoms with Crippen LogP contribution in [-0.2, 0) is 5.41 Å². The van der Waals surface area contributed by atoms with E-state index in [9.17, 15) is 0 Å². The molecule has 2 aromatic heterocycles. The number of aromatic amines is 1. The molecule has 0 radical (unpaired) electrons. The second-order valence-electron chi connectivity index (χ2n) is 5.06. The van der Waals surface area contributed by atoms with Gasteiger partial charge in [-0.05, 0) is 19.1 Å². The van der Waals surface area contributed by atoms with Crippen LogP contribution in [0.1, 0.15) is 32.3 Å². The molecule has 0 unspecified atom stereocenters. The van der Waals surface area contributed by atoms with E-state index in [1.165, 1.54) is 0 Å². The smallest absolute Gasteiger partial charge is 0.111 e. The molecule has 16 heavy (non-hydrogen) atoms. The third-order valence-corrected chi connectivity index (χ3v) is 2.45. The van der Waals surface area contributed by atoms with Crippen molar-refractivity contribution in [1.29, 1.82) is 0 Å². The Morgan fingerprint density at radius 1 is 1.19 bits per heavy atom. The molecule has 2 aromatic rings. The minimum absolute atomic E-state index is 0.0437. The number of hydrogen-bond acceptors (Lipinski definition) is 2. The Kier molecular flexibility index (Phi) is 2.54. The van der Waals surface area contributed by atoms with Crippen LogP contribution in [0.3, 0.4) is 0 Å². The lowest BCUT2D eigenvalue weighted by atomic mass is 9.96. The SMILES string of the molecule is Cc1cccc(-c2cnc(C(C)(C)C)[nH]2)n1. The second kappa shape index (κ2) is 3.74. The summed E-state index contributed by atoms with van der Waals surface area (Å²) in [4.78, 5) is 12.2. The zero-order valence-corrected chi connectivity index (χ0v) is 10.2. The van der Waals surface area contributed by atoms with Crippen LogP contribution in [0, 0.1) is 6.92 Å². The monoisotopic (exact) mass is 215 g/mol. The molecule has 1 N–H and O–H groups in total. The predicted octanol–water partition coefficient (Wildman–Crippen LogP) is 3.08. The summed E-state index contributed by atoms with van der Waals surface area (Å²) in [6.07, 6.45) is 1.85. The fourth-order valence-corrected chi connectivity index (χ4v) is 1.53. The number of hydrogen-bond donors (Lipinski definition) is 1. The molecule has 0 bridgehead atoms. The van der Waals surface area contributed by atoms with Gasteiger partial charge >= 0.3 is 0 Å². The fraction of sp³-hybridized carbons (Fsp3) is 0.385. The lowest BCUT2D eigenvalue weighted by Gasteiger charge is -2.14. The number of H-pyrrole nitrogens is 1. The fourth-order valence-electron chi connectivity index (χ4n) is 1.53. The van der Waals surface area contributed by atoms with E-state index in [1.807, 2.05) is 31.3 Å². The molecule has 0 aliphatic heterocycles. The van der Waals surface area contributed by atoms with E-state index >= 15 is 0 Å². The van der Waals surface area contributed by atoms with Crippen LogP contribution < -0.4 is 0 Å². The van der Waals surface area contributed by atoms with Gasteiger partial charge in [-0.3, -0.25) is 4.98 Å². The Labute approximate surface area is 96.0 Å². The van der Waals surface area contributed by atoms with Gasteiger partial charge in [0, 0.05) is 11.1 Å². The van der Waals surface area contributed by atoms with Crippen molar-refractivity contribution >= 4 is 0 Å². The summed E-state index contributed by atoms with van der Waals surface area (Å²) in [7, 11) is 0. The van der Waals surface area contributed by atoms with Gasteiger partial charge in [-0.25, -0.2) is 4.98 Å². The molecule has 0 fully saturated rings. The van der Waals surface area contributed by atoms with Crippen molar-refractivity contribution < 1.29 is 0 Å². The highest BCUT2D eigenvalue weighted by molar-refractivity contribution is 5.53. The maximum absolute atomic E-state index is 4.47. The Balaban J connectivity index is 2.39. The Bertz CT molecular complexity index is 492. The van der Waals surface area contributed by atoms with Gasteiger partial charge in [-0.15, -0.1) is 0 Å². The molecule has 0 aliphatic carbocycles. The average Bonchev–Trinajstić information content (AvgIpc) is 2.65. The van der Waals surface area contributed by atoms with E-state index in [4.69, 9.17) is 0 Å². The number of aromatic nitrogens is 3. The van der Waals surface area contributed by atoms with Crippen LogP contribution in [0.25, 0.3) is 11.4 Å². The second-order valence-corrected chi connectivity index (χ2v) is 5.06. The van der Waals surface area contributed by atoms with Crippen LogP contribution in [0.15, 0.2) is 24.4 Å². The molecule has 84 valence electrons. The van der Waals surface area contributed by atoms with Crippen molar-refractivity contribution in [1.82, 2.24) is 15.0 Å². The predicted molar refractivity (Wildman–Crippen MR) is 65.3 cm³/mol. The number of pyridine rings is 1. The zero-order chi connectivity index (χ0) is 11.8. The molecular formula is C13H17N3. The molecule has 0 aliphatic rings. The first kappa shape index (κ1) is 10.9. The lowest BCUT2D eigenvalue weighted by Crippen LogP contribution is -2.13. The van der Waals surface area contributed by atoms with E-state index in [0.29, 0.717) is 0 Å². The highest BCUT2D eigenvalue weighted by Crippen LogP contribution is 2.22. The number of imidazole rings is 1. The number of nitrogens with zero attached hydrogens (tertiary/aromatic N) is 2. The van der Waals surface area contributed by atoms with Crippen molar-refractivity contribution in [2.24, 2.45) is 0 Å². The molecule has 0 saturated heterocycles. The van der Waals surface area contributed by atoms with E-state index in [0.717, 1.165) is 22.9 Å². The molecule has 3 nitrogen and oxygen atoms in total. The van der Waals surface area contributed by atoms with Gasteiger partial charge in [0.2, 0.25) is 0 Å². The molecule has 2 heterocycles. The Morgan fingerprint density at radius 3 is 2.50 bits per heavy atom. The first-order valence-corrected chi connectivity index (χ1v) is 5.46. The average molecular weight is 215 g/mol. The summed E-state index contributed by atoms with van der Waals surface area (Å²) in [5.41, 5.74) is 2.99. The van der Waals surface area contributed by atoms with Crippen LogP contribution in [0.5, 0.6) is 0 Å². The summed E-state index contributed by atoms with van der Waals surface area (Å²) in [5, 5.41) is 0. The normalized spacial score (nSPS) is 11.8. The van der Waals surface area contributed by atoms with Crippen LogP contribution in [0.4, 0.5) is 0 Å². The van der Waals surface area contributed by atoms with Crippen molar-refractivity contribution in [3.05, 3.63) is 35.9 Å². The van der Waals surface area contributed by atoms with Gasteiger partial charge in [0.25, 0.3) is 0 Å². The van der Waals surface area contributed by atoms with E-state index in [2.05, 4.69) is 35.7 Å². The van der Waals surface area contributed by atoms with Gasteiger partial charge in [-0.2, -0.15) is 0 Å². The lowest BCUT2D eigenvalue weighted by molar-refractivity contribution is 0.553. The van der Waals surface area contributed by atoms with Crippen molar-refractivity contribution in [2.45, 2.75) is 33.1 Å². The number of aryl methyl sites for hydroxylation is 1. The highest BCUT2D eigenvalue weighted by Gasteiger charge is 2.17. The molecule has 0 saturated carbocycles. The molecule has 0 amide bonds. The standard InChI is InChI=1S/C13H17N3/c1-9-6-5-7-10(15-9)11-8-14-12(16-11)13(2,3)4/h5-8H,1-4H3,(H,14,16). The van der Waals surface area contributed by atoms with E-state index < -0.39 is 0 Å². The largest absolute Gasteiger partial charge is 0.340 e. The molecule has 3 heteroatoms. The molecular weight excluding hydrogens is 198 g/mol. The van der Waals surface area contributed by atoms with Gasteiger partial charge < -0.3 is 4.98 Å². The highest BCUT2D eigenvalue weighted by atomic mass is 14.9. The van der Waals surface area contributed by atoms with Crippen molar-refractivity contribution in [3.8, 4) is 11.4 Å². The maximum atomic E-state index is 4.47. The number of rotatable bonds is 1. The molecule has 2 rings (SSSR count). The summed E-state index contributed by atoms with van der Waals surface area (Å²) in [6, 6.07) is 5.99. The minimum atomic E-state index is 0.0437. The van der Waals surface area contributed by atoms with Gasteiger partial charge in [-0.1, -0.05) is 26.8 Å². The summed E-state index contributed by atoms with van der Waals surface area (Å²) in [5.74, 6) is 0.991. The zero-order valence-electron chi connectivity index (χ0n) is 10.2. The molecule has 0 spiro atoms. The van der Waals surface area contributed by atoms with Crippen molar-refractivity contribution in [3.63, 3.8) is 0 Å². The topological polar surface area (TPSA) is 41.6 Å². The van der Waals surface area contributed by atoms with Crippen LogP contribution >= 0.6 is 0 Å². The molecule has 0 atom stereocenters. The summed E-state index contributed by atoms with van der Waals surface area (Å²) in [6.45, 7) is 8.41. The minimum Gasteiger partial charge on any atom is -0.340 e. The first-order chi connectivity index (χ1) is 7.47. The molecule has 0 aromatic carbocycles. The van der Waals surface area contributed by atoms with Crippen LogP contribution in [-0.4, -0.2) is 15.0 Å². The Hall–Kier alpha value is -1.64. The van der Waals surface area contributed by atoms with Crippen LogP contribution in [0.2, 0.25) is 0 Å². The van der Waals surface area contributed by atoms with Gasteiger partial charge in [0.15, 0.2) is 0 Å². The number of nitrogens with one attached hydrogen (secondary N) is 1. The third-order valence-electron chi connectivity index (χ3n) is 2.45. The third kappa shape index (κ3) is 2.13. The quantitative estimate of drug-likeness (QED) is 0.794. The van der Waals surface area contributed by atoms with E-state index in [-0.39, 0.29) is 5.41 Å². The Morgan fingerprint density at radius 2 is 1.94 bits per heavy atom. The van der Waals surface area contributed by atoms with Gasteiger partial charge in [0.05, 0.1) is 17.6 Å². The summed E-state index contributed by atoms with van der Waals surface area (Å²) < 4.78 is 0. The van der Waals surface area contributed by atoms with E-state index in [1.54, 1.807) is 0 Å². The first-order valence-electron chi connectivity index (χ1n) is 5.46.